The lowest BCUT2D eigenvalue weighted by atomic mass is 10.0. The summed E-state index contributed by atoms with van der Waals surface area (Å²) in [5, 5.41) is 8.72. The number of ketones is 1. The second-order valence-electron chi connectivity index (χ2n) is 3.66. The fourth-order valence-electron chi connectivity index (χ4n) is 1.77. The summed E-state index contributed by atoms with van der Waals surface area (Å²) in [6.45, 7) is 1.66. The second kappa shape index (κ2) is 3.39. The van der Waals surface area contributed by atoms with E-state index >= 15 is 0 Å². The topological polar surface area (TPSA) is 37.3 Å². The first kappa shape index (κ1) is 9.16. The van der Waals surface area contributed by atoms with E-state index in [2.05, 4.69) is 13.0 Å². The van der Waals surface area contributed by atoms with Crippen LogP contribution in [0.2, 0.25) is 0 Å². The number of allylic oxidation sites excluding steroid dienone is 1. The summed E-state index contributed by atoms with van der Waals surface area (Å²) in [6.07, 6.45) is 3.06. The maximum Gasteiger partial charge on any atom is 0.188 e. The number of Topliss-reactive ketones (excluding diaryl/α,β-unsaturated/α-hetero) is 1. The van der Waals surface area contributed by atoms with Crippen LogP contribution in [0.3, 0.4) is 0 Å². The van der Waals surface area contributed by atoms with Crippen molar-refractivity contribution < 1.29 is 9.90 Å². The summed E-state index contributed by atoms with van der Waals surface area (Å²) in [5.41, 5.74) is 4.28. The van der Waals surface area contributed by atoms with Gasteiger partial charge in [-0.05, 0) is 30.5 Å². The van der Waals surface area contributed by atoms with E-state index in [1.54, 1.807) is 6.07 Å². The van der Waals surface area contributed by atoms with E-state index in [-0.39, 0.29) is 5.78 Å². The molecule has 0 fully saturated rings. The molecule has 2 nitrogen and oxygen atoms in total. The molecule has 0 unspecified atom stereocenters. The lowest BCUT2D eigenvalue weighted by Gasteiger charge is -2.01. The Morgan fingerprint density at radius 1 is 1.50 bits per heavy atom. The van der Waals surface area contributed by atoms with Gasteiger partial charge in [-0.15, -0.1) is 0 Å². The molecular formula is C12H12O2. The summed E-state index contributed by atoms with van der Waals surface area (Å²) in [5.74, 6) is -0.217. The molecule has 2 heteroatoms. The lowest BCUT2D eigenvalue weighted by Crippen LogP contribution is -2.04. The maximum absolute atomic E-state index is 11.2. The third-order valence-electron chi connectivity index (χ3n) is 2.48. The number of carbonyl (C=O) groups is 1. The fraction of sp³-hybridized carbons (Fsp3) is 0.250. The predicted molar refractivity (Wildman–Crippen MR) is 55.2 cm³/mol. The third kappa shape index (κ3) is 1.49. The number of aliphatic hydroxyl groups excluding tert-OH is 1. The van der Waals surface area contributed by atoms with Crippen LogP contribution in [-0.4, -0.2) is 17.5 Å². The average Bonchev–Trinajstić information content (AvgIpc) is 2.55. The molecule has 1 aliphatic carbocycles. The zero-order valence-electron chi connectivity index (χ0n) is 8.08. The molecule has 0 aromatic heterocycles. The third-order valence-corrected chi connectivity index (χ3v) is 2.48. The molecule has 0 atom stereocenters. The van der Waals surface area contributed by atoms with Crippen molar-refractivity contribution in [2.24, 2.45) is 0 Å². The molecule has 1 aromatic carbocycles. The molecule has 0 bridgehead atoms. The quantitative estimate of drug-likeness (QED) is 0.719. The normalized spacial score (nSPS) is 13.7. The van der Waals surface area contributed by atoms with Crippen molar-refractivity contribution in [3.63, 3.8) is 0 Å². The van der Waals surface area contributed by atoms with Gasteiger partial charge in [0.25, 0.3) is 0 Å². The Bertz CT molecular complexity index is 416. The molecule has 2 rings (SSSR count). The minimum atomic E-state index is -0.415. The highest BCUT2D eigenvalue weighted by Gasteiger charge is 2.12. The molecule has 0 aliphatic heterocycles. The maximum atomic E-state index is 11.2. The van der Waals surface area contributed by atoms with Crippen molar-refractivity contribution in [1.29, 1.82) is 0 Å². The van der Waals surface area contributed by atoms with Crippen LogP contribution in [0.5, 0.6) is 0 Å². The summed E-state index contributed by atoms with van der Waals surface area (Å²) in [6, 6.07) is 5.60. The van der Waals surface area contributed by atoms with Crippen LogP contribution in [0.4, 0.5) is 0 Å². The monoisotopic (exact) mass is 188 g/mol. The molecule has 14 heavy (non-hydrogen) atoms. The van der Waals surface area contributed by atoms with Crippen molar-refractivity contribution in [3.8, 4) is 0 Å². The number of aliphatic hydroxyl groups is 1. The van der Waals surface area contributed by atoms with Crippen LogP contribution in [-0.2, 0) is 6.42 Å². The Morgan fingerprint density at radius 2 is 2.29 bits per heavy atom. The Balaban J connectivity index is 2.40. The smallest absolute Gasteiger partial charge is 0.188 e. The van der Waals surface area contributed by atoms with Gasteiger partial charge < -0.3 is 5.11 Å². The van der Waals surface area contributed by atoms with Crippen molar-refractivity contribution in [2.45, 2.75) is 13.3 Å². The zero-order chi connectivity index (χ0) is 10.1. The first-order valence-corrected chi connectivity index (χ1v) is 4.65. The van der Waals surface area contributed by atoms with Crippen molar-refractivity contribution in [1.82, 2.24) is 0 Å². The van der Waals surface area contributed by atoms with Gasteiger partial charge in [-0.25, -0.2) is 0 Å². The van der Waals surface area contributed by atoms with Crippen LogP contribution in [0.25, 0.3) is 6.08 Å². The Hall–Kier alpha value is -1.41. The van der Waals surface area contributed by atoms with E-state index in [1.165, 1.54) is 11.1 Å². The fourth-order valence-corrected chi connectivity index (χ4v) is 1.77. The molecular weight excluding hydrogens is 176 g/mol. The van der Waals surface area contributed by atoms with Gasteiger partial charge in [0.15, 0.2) is 5.78 Å². The SMILES string of the molecule is CC1=Cc2cc(C(=O)CO)ccc2C1. The number of rotatable bonds is 2. The molecule has 1 aliphatic rings. The number of carbonyl (C=O) groups excluding carboxylic acids is 1. The van der Waals surface area contributed by atoms with Gasteiger partial charge in [-0.2, -0.15) is 0 Å². The summed E-state index contributed by atoms with van der Waals surface area (Å²) in [4.78, 5) is 11.2. The molecule has 0 amide bonds. The van der Waals surface area contributed by atoms with Crippen LogP contribution in [0.1, 0.15) is 28.4 Å². The van der Waals surface area contributed by atoms with Gasteiger partial charge in [-0.1, -0.05) is 23.8 Å². The number of hydrogen-bond donors (Lipinski definition) is 1. The molecule has 0 radical (unpaired) electrons. The predicted octanol–water partition coefficient (Wildman–Crippen LogP) is 1.82. The van der Waals surface area contributed by atoms with E-state index in [0.29, 0.717) is 5.56 Å². The van der Waals surface area contributed by atoms with Crippen LogP contribution in [0.15, 0.2) is 23.8 Å². The molecule has 0 spiro atoms. The van der Waals surface area contributed by atoms with E-state index in [1.807, 2.05) is 12.1 Å². The molecule has 0 saturated carbocycles. The highest BCUT2D eigenvalue weighted by Crippen LogP contribution is 2.25. The van der Waals surface area contributed by atoms with Crippen molar-refractivity contribution in [3.05, 3.63) is 40.5 Å². The number of hydrogen-bond acceptors (Lipinski definition) is 2. The summed E-state index contributed by atoms with van der Waals surface area (Å²) < 4.78 is 0. The average molecular weight is 188 g/mol. The van der Waals surface area contributed by atoms with Gasteiger partial charge >= 0.3 is 0 Å². The lowest BCUT2D eigenvalue weighted by molar-refractivity contribution is 0.0903. The first-order valence-electron chi connectivity index (χ1n) is 4.65. The van der Waals surface area contributed by atoms with Gasteiger partial charge in [0.2, 0.25) is 0 Å². The first-order chi connectivity index (χ1) is 6.70. The minimum absolute atomic E-state index is 0.217. The van der Waals surface area contributed by atoms with E-state index in [0.717, 1.165) is 12.0 Å². The van der Waals surface area contributed by atoms with Crippen LogP contribution < -0.4 is 0 Å². The standard InChI is InChI=1S/C12H12O2/c1-8-4-9-2-3-10(12(14)7-13)6-11(9)5-8/h2-3,5-6,13H,4,7H2,1H3. The Morgan fingerprint density at radius 3 is 3.00 bits per heavy atom. The van der Waals surface area contributed by atoms with Crippen molar-refractivity contribution >= 4 is 11.9 Å². The number of benzene rings is 1. The van der Waals surface area contributed by atoms with Gasteiger partial charge in [0, 0.05) is 5.56 Å². The Labute approximate surface area is 82.9 Å². The highest BCUT2D eigenvalue weighted by molar-refractivity contribution is 5.97. The van der Waals surface area contributed by atoms with Gasteiger partial charge in [0.05, 0.1) is 0 Å². The highest BCUT2D eigenvalue weighted by atomic mass is 16.3. The molecule has 0 saturated heterocycles. The van der Waals surface area contributed by atoms with E-state index < -0.39 is 6.61 Å². The molecule has 1 aromatic rings. The van der Waals surface area contributed by atoms with Crippen LogP contribution >= 0.6 is 0 Å². The number of fused-ring (bicyclic) bond motifs is 1. The summed E-state index contributed by atoms with van der Waals surface area (Å²) >= 11 is 0. The minimum Gasteiger partial charge on any atom is -0.388 e. The summed E-state index contributed by atoms with van der Waals surface area (Å²) in [7, 11) is 0. The van der Waals surface area contributed by atoms with E-state index in [4.69, 9.17) is 5.11 Å². The van der Waals surface area contributed by atoms with Crippen LogP contribution in [0, 0.1) is 0 Å². The molecule has 0 heterocycles. The largest absolute Gasteiger partial charge is 0.388 e. The van der Waals surface area contributed by atoms with Gasteiger partial charge in [0.1, 0.15) is 6.61 Å². The zero-order valence-corrected chi connectivity index (χ0v) is 8.08. The van der Waals surface area contributed by atoms with E-state index in [9.17, 15) is 4.79 Å². The molecule has 1 N–H and O–H groups in total. The second-order valence-corrected chi connectivity index (χ2v) is 3.66. The van der Waals surface area contributed by atoms with Gasteiger partial charge in [-0.3, -0.25) is 4.79 Å². The van der Waals surface area contributed by atoms with Crippen molar-refractivity contribution in [2.75, 3.05) is 6.61 Å². The molecule has 72 valence electrons. The Kier molecular flexibility index (Phi) is 2.22.